The van der Waals surface area contributed by atoms with Crippen molar-refractivity contribution in [1.82, 2.24) is 14.7 Å². The van der Waals surface area contributed by atoms with E-state index in [1.54, 1.807) is 36.1 Å². The highest BCUT2D eigenvalue weighted by molar-refractivity contribution is 5.93. The number of hydrogen-bond acceptors (Lipinski definition) is 3. The van der Waals surface area contributed by atoms with Crippen molar-refractivity contribution in [2.45, 2.75) is 18.9 Å². The number of aromatic nitrogens is 2. The van der Waals surface area contributed by atoms with Crippen molar-refractivity contribution in [3.8, 4) is 0 Å². The lowest BCUT2D eigenvalue weighted by molar-refractivity contribution is 0.0645. The largest absolute Gasteiger partial charge is 0.391 e. The summed E-state index contributed by atoms with van der Waals surface area (Å²) in [7, 11) is 3.48. The van der Waals surface area contributed by atoms with Crippen molar-refractivity contribution in [3.63, 3.8) is 0 Å². The van der Waals surface area contributed by atoms with Crippen molar-refractivity contribution >= 4 is 5.91 Å². The molecule has 5 nitrogen and oxygen atoms in total. The van der Waals surface area contributed by atoms with Crippen molar-refractivity contribution < 1.29 is 9.90 Å². The van der Waals surface area contributed by atoms with Gasteiger partial charge in [-0.25, -0.2) is 0 Å². The molecule has 0 spiro atoms. The summed E-state index contributed by atoms with van der Waals surface area (Å²) in [5, 5.41) is 13.7. The SMILES string of the molecule is CN(CC(O)C1CC1)C(=O)c1cnn(C)c1. The molecule has 88 valence electrons. The zero-order valence-electron chi connectivity index (χ0n) is 9.63. The summed E-state index contributed by atoms with van der Waals surface area (Å²) in [6.07, 6.45) is 5.00. The van der Waals surface area contributed by atoms with Crippen LogP contribution in [0.25, 0.3) is 0 Å². The van der Waals surface area contributed by atoms with Crippen LogP contribution in [0.15, 0.2) is 12.4 Å². The number of aliphatic hydroxyl groups excluding tert-OH is 1. The van der Waals surface area contributed by atoms with Gasteiger partial charge in [0.2, 0.25) is 0 Å². The van der Waals surface area contributed by atoms with Gasteiger partial charge in [0.1, 0.15) is 0 Å². The lowest BCUT2D eigenvalue weighted by Crippen LogP contribution is -2.35. The molecule has 1 amide bonds. The van der Waals surface area contributed by atoms with Gasteiger partial charge in [0.05, 0.1) is 17.9 Å². The van der Waals surface area contributed by atoms with Gasteiger partial charge in [0.25, 0.3) is 5.91 Å². The molecule has 2 rings (SSSR count). The number of hydrogen-bond donors (Lipinski definition) is 1. The molecule has 1 unspecified atom stereocenters. The zero-order valence-corrected chi connectivity index (χ0v) is 9.63. The van der Waals surface area contributed by atoms with Crippen LogP contribution >= 0.6 is 0 Å². The van der Waals surface area contributed by atoms with E-state index < -0.39 is 0 Å². The molecule has 1 heterocycles. The third-order valence-electron chi connectivity index (χ3n) is 2.93. The van der Waals surface area contributed by atoms with E-state index in [0.717, 1.165) is 12.8 Å². The summed E-state index contributed by atoms with van der Waals surface area (Å²) in [4.78, 5) is 13.5. The highest BCUT2D eigenvalue weighted by Crippen LogP contribution is 2.32. The third-order valence-corrected chi connectivity index (χ3v) is 2.93. The van der Waals surface area contributed by atoms with Crippen LogP contribution in [0.3, 0.4) is 0 Å². The maximum Gasteiger partial charge on any atom is 0.256 e. The minimum absolute atomic E-state index is 0.0900. The van der Waals surface area contributed by atoms with E-state index >= 15 is 0 Å². The highest BCUT2D eigenvalue weighted by Gasteiger charge is 2.31. The molecule has 1 aliphatic carbocycles. The standard InChI is InChI=1S/C11H17N3O2/c1-13(7-10(15)8-3-4-8)11(16)9-5-12-14(2)6-9/h5-6,8,10,15H,3-4,7H2,1-2H3. The molecule has 1 aliphatic rings. The van der Waals surface area contributed by atoms with E-state index in [2.05, 4.69) is 5.10 Å². The van der Waals surface area contributed by atoms with Crippen LogP contribution < -0.4 is 0 Å². The fourth-order valence-electron chi connectivity index (χ4n) is 1.75. The van der Waals surface area contributed by atoms with Gasteiger partial charge in [0.15, 0.2) is 0 Å². The summed E-state index contributed by atoms with van der Waals surface area (Å²) in [6, 6.07) is 0. The van der Waals surface area contributed by atoms with Gasteiger partial charge in [-0.1, -0.05) is 0 Å². The van der Waals surface area contributed by atoms with Crippen LogP contribution in [0.1, 0.15) is 23.2 Å². The first-order valence-electron chi connectivity index (χ1n) is 5.50. The summed E-state index contributed by atoms with van der Waals surface area (Å²) in [6.45, 7) is 0.401. The molecule has 1 N–H and O–H groups in total. The Morgan fingerprint density at radius 1 is 1.75 bits per heavy atom. The topological polar surface area (TPSA) is 58.4 Å². The number of aryl methyl sites for hydroxylation is 1. The molecule has 0 saturated heterocycles. The number of nitrogens with zero attached hydrogens (tertiary/aromatic N) is 3. The van der Waals surface area contributed by atoms with Gasteiger partial charge in [-0.3, -0.25) is 9.48 Å². The Morgan fingerprint density at radius 3 is 2.94 bits per heavy atom. The van der Waals surface area contributed by atoms with E-state index in [-0.39, 0.29) is 12.0 Å². The van der Waals surface area contributed by atoms with Crippen LogP contribution in [0.4, 0.5) is 0 Å². The third kappa shape index (κ3) is 2.41. The van der Waals surface area contributed by atoms with Crippen LogP contribution in [-0.4, -0.2) is 45.4 Å². The van der Waals surface area contributed by atoms with Crippen molar-refractivity contribution in [2.75, 3.05) is 13.6 Å². The van der Waals surface area contributed by atoms with E-state index in [1.165, 1.54) is 0 Å². The molecule has 1 aromatic heterocycles. The Bertz CT molecular complexity index is 384. The smallest absolute Gasteiger partial charge is 0.256 e. The van der Waals surface area contributed by atoms with Crippen LogP contribution in [0, 0.1) is 5.92 Å². The summed E-state index contributed by atoms with van der Waals surface area (Å²) in [5.74, 6) is 0.303. The average molecular weight is 223 g/mol. The molecule has 1 saturated carbocycles. The zero-order chi connectivity index (χ0) is 11.7. The molecule has 0 radical (unpaired) electrons. The minimum atomic E-state index is -0.384. The van der Waals surface area contributed by atoms with E-state index in [9.17, 15) is 9.90 Å². The molecule has 1 fully saturated rings. The van der Waals surface area contributed by atoms with Crippen molar-refractivity contribution in [1.29, 1.82) is 0 Å². The van der Waals surface area contributed by atoms with Crippen LogP contribution in [0.5, 0.6) is 0 Å². The van der Waals surface area contributed by atoms with Gasteiger partial charge in [-0.2, -0.15) is 5.10 Å². The number of carbonyl (C=O) groups excluding carboxylic acids is 1. The predicted molar refractivity (Wildman–Crippen MR) is 58.9 cm³/mol. The fourth-order valence-corrected chi connectivity index (χ4v) is 1.75. The van der Waals surface area contributed by atoms with Gasteiger partial charge in [-0.05, 0) is 18.8 Å². The quantitative estimate of drug-likeness (QED) is 0.796. The lowest BCUT2D eigenvalue weighted by Gasteiger charge is -2.19. The second-order valence-corrected chi connectivity index (χ2v) is 4.49. The van der Waals surface area contributed by atoms with Crippen molar-refractivity contribution in [2.24, 2.45) is 13.0 Å². The first-order valence-corrected chi connectivity index (χ1v) is 5.50. The average Bonchev–Trinajstić information content (AvgIpc) is 3.00. The number of aliphatic hydroxyl groups is 1. The summed E-state index contributed by atoms with van der Waals surface area (Å²) < 4.78 is 1.60. The summed E-state index contributed by atoms with van der Waals surface area (Å²) >= 11 is 0. The van der Waals surface area contributed by atoms with E-state index in [1.807, 2.05) is 0 Å². The normalized spacial score (nSPS) is 17.2. The number of carbonyl (C=O) groups is 1. The van der Waals surface area contributed by atoms with Gasteiger partial charge in [-0.15, -0.1) is 0 Å². The molecule has 5 heteroatoms. The maximum absolute atomic E-state index is 11.9. The van der Waals surface area contributed by atoms with Crippen molar-refractivity contribution in [3.05, 3.63) is 18.0 Å². The second-order valence-electron chi connectivity index (χ2n) is 4.49. The monoisotopic (exact) mass is 223 g/mol. The van der Waals surface area contributed by atoms with Crippen LogP contribution in [0.2, 0.25) is 0 Å². The Hall–Kier alpha value is -1.36. The Labute approximate surface area is 94.7 Å². The second kappa shape index (κ2) is 4.25. The summed E-state index contributed by atoms with van der Waals surface area (Å²) in [5.41, 5.74) is 0.563. The molecular weight excluding hydrogens is 206 g/mol. The number of rotatable bonds is 4. The minimum Gasteiger partial charge on any atom is -0.391 e. The number of amides is 1. The molecule has 0 aliphatic heterocycles. The Morgan fingerprint density at radius 2 is 2.44 bits per heavy atom. The Balaban J connectivity index is 1.93. The maximum atomic E-state index is 11.9. The van der Waals surface area contributed by atoms with Crippen LogP contribution in [-0.2, 0) is 7.05 Å². The molecular formula is C11H17N3O2. The van der Waals surface area contributed by atoms with Gasteiger partial charge in [0, 0.05) is 26.8 Å². The molecule has 1 aromatic rings. The molecule has 0 bridgehead atoms. The number of likely N-dealkylation sites (N-methyl/N-ethyl adjacent to an activating group) is 1. The van der Waals surface area contributed by atoms with Gasteiger partial charge >= 0.3 is 0 Å². The van der Waals surface area contributed by atoms with E-state index in [4.69, 9.17) is 0 Å². The van der Waals surface area contributed by atoms with E-state index in [0.29, 0.717) is 18.0 Å². The molecule has 1 atom stereocenters. The van der Waals surface area contributed by atoms with Gasteiger partial charge < -0.3 is 10.0 Å². The lowest BCUT2D eigenvalue weighted by atomic mass is 10.2. The Kier molecular flexibility index (Phi) is 2.96. The highest BCUT2D eigenvalue weighted by atomic mass is 16.3. The first-order chi connectivity index (χ1) is 7.58. The molecule has 16 heavy (non-hydrogen) atoms. The predicted octanol–water partition coefficient (Wildman–Crippen LogP) is 0.263. The first kappa shape index (κ1) is 11.1. The molecule has 0 aromatic carbocycles. The fraction of sp³-hybridized carbons (Fsp3) is 0.636.